The van der Waals surface area contributed by atoms with Crippen LogP contribution in [-0.4, -0.2) is 28.5 Å². The number of rotatable bonds is 5. The number of anilines is 1. The smallest absolute Gasteiger partial charge is 0.225 e. The third kappa shape index (κ3) is 3.83. The standard InChI is InChI=1S/C21H18Cl2N4S/c1-13-17(15-3-5-16(22)6-4-15)18-19(25-21(23)26-20(18)28-13)27(2)12-9-14-7-10-24-11-8-14/h3-8,10-11H,9,12H2,1-2H3. The fourth-order valence-corrected chi connectivity index (χ4v) is 4.64. The van der Waals surface area contributed by atoms with Crippen LogP contribution in [0.25, 0.3) is 21.3 Å². The molecular weight excluding hydrogens is 411 g/mol. The Morgan fingerprint density at radius 3 is 2.43 bits per heavy atom. The highest BCUT2D eigenvalue weighted by molar-refractivity contribution is 7.19. The highest BCUT2D eigenvalue weighted by atomic mass is 35.5. The van der Waals surface area contributed by atoms with Crippen LogP contribution in [0.1, 0.15) is 10.4 Å². The highest BCUT2D eigenvalue weighted by Crippen LogP contribution is 2.42. The number of likely N-dealkylation sites (N-methyl/N-ethyl adjacent to an activating group) is 1. The number of aromatic nitrogens is 3. The van der Waals surface area contributed by atoms with Gasteiger partial charge in [0.1, 0.15) is 10.6 Å². The van der Waals surface area contributed by atoms with Crippen LogP contribution in [0.3, 0.4) is 0 Å². The molecule has 0 aliphatic heterocycles. The first-order valence-electron chi connectivity index (χ1n) is 8.85. The number of aryl methyl sites for hydroxylation is 1. The van der Waals surface area contributed by atoms with E-state index in [4.69, 9.17) is 23.2 Å². The highest BCUT2D eigenvalue weighted by Gasteiger charge is 2.20. The molecule has 1 aromatic carbocycles. The lowest BCUT2D eigenvalue weighted by atomic mass is 10.0. The molecule has 7 heteroatoms. The molecule has 142 valence electrons. The van der Waals surface area contributed by atoms with E-state index < -0.39 is 0 Å². The van der Waals surface area contributed by atoms with Crippen molar-refractivity contribution in [1.82, 2.24) is 15.0 Å². The first-order chi connectivity index (χ1) is 13.5. The molecule has 0 unspecified atom stereocenters. The maximum atomic E-state index is 6.25. The number of nitrogens with zero attached hydrogens (tertiary/aromatic N) is 4. The van der Waals surface area contributed by atoms with Crippen molar-refractivity contribution in [1.29, 1.82) is 0 Å². The number of hydrogen-bond acceptors (Lipinski definition) is 5. The Morgan fingerprint density at radius 2 is 1.71 bits per heavy atom. The predicted molar refractivity (Wildman–Crippen MR) is 119 cm³/mol. The van der Waals surface area contributed by atoms with Gasteiger partial charge in [-0.25, -0.2) is 4.98 Å². The number of hydrogen-bond donors (Lipinski definition) is 0. The van der Waals surface area contributed by atoms with Crippen LogP contribution in [-0.2, 0) is 6.42 Å². The first-order valence-corrected chi connectivity index (χ1v) is 10.4. The minimum atomic E-state index is 0.266. The second-order valence-corrected chi connectivity index (χ2v) is 8.54. The molecule has 3 heterocycles. The zero-order valence-electron chi connectivity index (χ0n) is 15.5. The van der Waals surface area contributed by atoms with Gasteiger partial charge in [-0.3, -0.25) is 4.98 Å². The fraction of sp³-hybridized carbons (Fsp3) is 0.190. The summed E-state index contributed by atoms with van der Waals surface area (Å²) in [6, 6.07) is 11.9. The van der Waals surface area contributed by atoms with E-state index in [0.29, 0.717) is 0 Å². The Bertz CT molecular complexity index is 1110. The Balaban J connectivity index is 1.77. The number of pyridine rings is 1. The van der Waals surface area contributed by atoms with Crippen molar-refractivity contribution in [3.63, 3.8) is 0 Å². The predicted octanol–water partition coefficient (Wildman–Crippen LogP) is 6.05. The second kappa shape index (κ2) is 8.03. The zero-order chi connectivity index (χ0) is 19.7. The van der Waals surface area contributed by atoms with E-state index in [0.717, 1.165) is 45.1 Å². The van der Waals surface area contributed by atoms with E-state index in [9.17, 15) is 0 Å². The summed E-state index contributed by atoms with van der Waals surface area (Å²) in [4.78, 5) is 17.3. The molecule has 4 aromatic rings. The Morgan fingerprint density at radius 1 is 1.00 bits per heavy atom. The number of benzene rings is 1. The number of halogens is 2. The summed E-state index contributed by atoms with van der Waals surface area (Å²) in [5, 5.41) is 2.02. The molecule has 0 aliphatic carbocycles. The van der Waals surface area contributed by atoms with Gasteiger partial charge in [0.2, 0.25) is 5.28 Å². The summed E-state index contributed by atoms with van der Waals surface area (Å²) in [6.07, 6.45) is 4.52. The largest absolute Gasteiger partial charge is 0.359 e. The molecular formula is C21H18Cl2N4S. The maximum Gasteiger partial charge on any atom is 0.225 e. The van der Waals surface area contributed by atoms with Gasteiger partial charge in [-0.15, -0.1) is 11.3 Å². The fourth-order valence-electron chi connectivity index (χ4n) is 3.26. The molecule has 0 N–H and O–H groups in total. The Labute approximate surface area is 177 Å². The lowest BCUT2D eigenvalue weighted by molar-refractivity contribution is 0.861. The van der Waals surface area contributed by atoms with Crippen molar-refractivity contribution >= 4 is 50.6 Å². The molecule has 0 saturated heterocycles. The van der Waals surface area contributed by atoms with E-state index in [-0.39, 0.29) is 5.28 Å². The Hall–Kier alpha value is -2.21. The van der Waals surface area contributed by atoms with Crippen molar-refractivity contribution in [3.05, 3.63) is 69.5 Å². The molecule has 0 saturated carbocycles. The lowest BCUT2D eigenvalue weighted by Crippen LogP contribution is -2.22. The van der Waals surface area contributed by atoms with Gasteiger partial charge < -0.3 is 4.90 Å². The van der Waals surface area contributed by atoms with Gasteiger partial charge in [0, 0.05) is 41.4 Å². The minimum absolute atomic E-state index is 0.266. The molecule has 0 bridgehead atoms. The molecule has 0 radical (unpaired) electrons. The van der Waals surface area contributed by atoms with Crippen molar-refractivity contribution in [2.24, 2.45) is 0 Å². The van der Waals surface area contributed by atoms with Crippen LogP contribution in [0.4, 0.5) is 5.82 Å². The molecule has 0 fully saturated rings. The third-order valence-corrected chi connectivity index (χ3v) is 6.08. The normalized spacial score (nSPS) is 11.1. The quantitative estimate of drug-likeness (QED) is 0.363. The maximum absolute atomic E-state index is 6.25. The van der Waals surface area contributed by atoms with Gasteiger partial charge in [-0.1, -0.05) is 23.7 Å². The van der Waals surface area contributed by atoms with Crippen LogP contribution >= 0.6 is 34.5 Å². The van der Waals surface area contributed by atoms with Gasteiger partial charge in [0.05, 0.1) is 5.39 Å². The summed E-state index contributed by atoms with van der Waals surface area (Å²) in [7, 11) is 2.04. The van der Waals surface area contributed by atoms with E-state index in [1.165, 1.54) is 10.4 Å². The molecule has 0 aliphatic rings. The van der Waals surface area contributed by atoms with E-state index >= 15 is 0 Å². The monoisotopic (exact) mass is 428 g/mol. The van der Waals surface area contributed by atoms with Crippen molar-refractivity contribution in [2.75, 3.05) is 18.5 Å². The van der Waals surface area contributed by atoms with Crippen LogP contribution in [0.5, 0.6) is 0 Å². The topological polar surface area (TPSA) is 41.9 Å². The van der Waals surface area contributed by atoms with Crippen molar-refractivity contribution in [2.45, 2.75) is 13.3 Å². The number of thiophene rings is 1. The molecule has 28 heavy (non-hydrogen) atoms. The van der Waals surface area contributed by atoms with E-state index in [1.807, 2.05) is 55.8 Å². The number of fused-ring (bicyclic) bond motifs is 1. The first kappa shape index (κ1) is 19.1. The van der Waals surface area contributed by atoms with Crippen molar-refractivity contribution in [3.8, 4) is 11.1 Å². The van der Waals surface area contributed by atoms with Crippen LogP contribution in [0.2, 0.25) is 10.3 Å². The van der Waals surface area contributed by atoms with Gasteiger partial charge in [0.15, 0.2) is 0 Å². The average Bonchev–Trinajstić information content (AvgIpc) is 3.02. The van der Waals surface area contributed by atoms with Crippen LogP contribution in [0, 0.1) is 6.92 Å². The SMILES string of the molecule is Cc1sc2nc(Cl)nc(N(C)CCc3ccncc3)c2c1-c1ccc(Cl)cc1. The van der Waals surface area contributed by atoms with E-state index in [2.05, 4.69) is 26.8 Å². The van der Waals surface area contributed by atoms with Gasteiger partial charge in [0.25, 0.3) is 0 Å². The van der Waals surface area contributed by atoms with E-state index in [1.54, 1.807) is 11.3 Å². The van der Waals surface area contributed by atoms with Crippen molar-refractivity contribution < 1.29 is 0 Å². The third-order valence-electron chi connectivity index (χ3n) is 4.66. The summed E-state index contributed by atoms with van der Waals surface area (Å²) in [5.41, 5.74) is 3.47. The summed E-state index contributed by atoms with van der Waals surface area (Å²) in [5.74, 6) is 0.846. The van der Waals surface area contributed by atoms with Gasteiger partial charge >= 0.3 is 0 Å². The van der Waals surface area contributed by atoms with Crippen LogP contribution in [0.15, 0.2) is 48.8 Å². The molecule has 0 spiro atoms. The summed E-state index contributed by atoms with van der Waals surface area (Å²) in [6.45, 7) is 2.91. The molecule has 4 rings (SSSR count). The zero-order valence-corrected chi connectivity index (χ0v) is 17.8. The molecule has 4 nitrogen and oxygen atoms in total. The molecule has 3 aromatic heterocycles. The second-order valence-electron chi connectivity index (χ2n) is 6.56. The lowest BCUT2D eigenvalue weighted by Gasteiger charge is -2.20. The summed E-state index contributed by atoms with van der Waals surface area (Å²) < 4.78 is 0. The summed E-state index contributed by atoms with van der Waals surface area (Å²) >= 11 is 14.0. The molecule has 0 amide bonds. The van der Waals surface area contributed by atoms with Gasteiger partial charge in [-0.05, 0) is 60.3 Å². The minimum Gasteiger partial charge on any atom is -0.359 e. The van der Waals surface area contributed by atoms with Gasteiger partial charge in [-0.2, -0.15) is 4.98 Å². The van der Waals surface area contributed by atoms with Crippen LogP contribution < -0.4 is 4.90 Å². The Kier molecular flexibility index (Phi) is 5.49. The average molecular weight is 429 g/mol. The molecule has 0 atom stereocenters.